The van der Waals surface area contributed by atoms with Gasteiger partial charge < -0.3 is 13.9 Å². The standard InChI is InChI=1S/C54H35FN2O/c55-39-29-34-46-45-17-6-10-23-51(45)57(52(46)35-39)50-22-9-5-16-43(50)37-25-30-40(31-26-37)56(49-21-8-4-15-42(49)36-13-2-1-3-14-36)41-32-27-38(28-33-41)44-19-12-20-48-47-18-7-11-24-53(47)58-54(44)48/h1-35H. The molecule has 0 unspecified atom stereocenters. The third-order valence-corrected chi connectivity index (χ3v) is 11.3. The Balaban J connectivity index is 1.04. The molecule has 0 atom stereocenters. The number of fused-ring (bicyclic) bond motifs is 6. The molecule has 274 valence electrons. The van der Waals surface area contributed by atoms with E-state index in [4.69, 9.17) is 4.42 Å². The van der Waals surface area contributed by atoms with Crippen molar-refractivity contribution in [2.45, 2.75) is 0 Å². The lowest BCUT2D eigenvalue weighted by atomic mass is 9.99. The number of halogens is 1. The SMILES string of the molecule is Fc1ccc2c3ccccc3n(-c3ccccc3-c3ccc(N(c4ccc(-c5cccc6c5oc5ccccc56)cc4)c4ccccc4-c4ccccc4)cc3)c2c1. The summed E-state index contributed by atoms with van der Waals surface area (Å²) in [5.74, 6) is -0.256. The van der Waals surface area contributed by atoms with E-state index in [2.05, 4.69) is 173 Å². The molecule has 11 rings (SSSR count). The monoisotopic (exact) mass is 746 g/mol. The molecule has 3 nitrogen and oxygen atoms in total. The molecule has 0 fully saturated rings. The quantitative estimate of drug-likeness (QED) is 0.162. The molecule has 11 aromatic rings. The topological polar surface area (TPSA) is 21.3 Å². The maximum atomic E-state index is 14.8. The molecule has 0 N–H and O–H groups in total. The maximum absolute atomic E-state index is 14.8. The van der Waals surface area contributed by atoms with Crippen LogP contribution in [0.2, 0.25) is 0 Å². The Hall–Kier alpha value is -7.69. The van der Waals surface area contributed by atoms with Gasteiger partial charge in [-0.1, -0.05) is 146 Å². The van der Waals surface area contributed by atoms with E-state index in [1.807, 2.05) is 36.4 Å². The van der Waals surface area contributed by atoms with Crippen LogP contribution in [0.25, 0.3) is 82.8 Å². The van der Waals surface area contributed by atoms with Gasteiger partial charge >= 0.3 is 0 Å². The molecule has 9 aromatic carbocycles. The molecule has 4 heteroatoms. The van der Waals surface area contributed by atoms with Crippen molar-refractivity contribution in [2.75, 3.05) is 4.90 Å². The van der Waals surface area contributed by atoms with Crippen molar-refractivity contribution in [3.63, 3.8) is 0 Å². The summed E-state index contributed by atoms with van der Waals surface area (Å²) in [5, 5.41) is 4.35. The van der Waals surface area contributed by atoms with Gasteiger partial charge in [-0.15, -0.1) is 0 Å². The zero-order valence-corrected chi connectivity index (χ0v) is 31.4. The minimum absolute atomic E-state index is 0.256. The summed E-state index contributed by atoms with van der Waals surface area (Å²) in [5.41, 5.74) is 14.3. The molecule has 0 bridgehead atoms. The number of aromatic nitrogens is 1. The van der Waals surface area contributed by atoms with Gasteiger partial charge in [-0.05, 0) is 83.4 Å². The molecule has 2 heterocycles. The minimum atomic E-state index is -0.256. The first-order valence-corrected chi connectivity index (χ1v) is 19.5. The van der Waals surface area contributed by atoms with E-state index in [1.165, 1.54) is 0 Å². The summed E-state index contributed by atoms with van der Waals surface area (Å²) < 4.78 is 23.4. The number of nitrogens with zero attached hydrogens (tertiary/aromatic N) is 2. The Labute approximate surface area is 335 Å². The van der Waals surface area contributed by atoms with Gasteiger partial charge in [-0.2, -0.15) is 0 Å². The van der Waals surface area contributed by atoms with E-state index in [1.54, 1.807) is 12.1 Å². The molecule has 0 aliphatic rings. The van der Waals surface area contributed by atoms with Gasteiger partial charge in [-0.25, -0.2) is 4.39 Å². The molecule has 0 spiro atoms. The van der Waals surface area contributed by atoms with E-state index >= 15 is 0 Å². The fourth-order valence-corrected chi connectivity index (χ4v) is 8.63. The molecule has 0 amide bonds. The average Bonchev–Trinajstić information content (AvgIpc) is 3.83. The molecule has 0 aliphatic heterocycles. The van der Waals surface area contributed by atoms with Crippen molar-refractivity contribution < 1.29 is 8.81 Å². The van der Waals surface area contributed by atoms with Crippen molar-refractivity contribution in [3.05, 3.63) is 218 Å². The first-order chi connectivity index (χ1) is 28.7. The minimum Gasteiger partial charge on any atom is -0.455 e. The van der Waals surface area contributed by atoms with E-state index in [-0.39, 0.29) is 5.82 Å². The van der Waals surface area contributed by atoms with Gasteiger partial charge in [0, 0.05) is 49.6 Å². The van der Waals surface area contributed by atoms with Crippen LogP contribution in [0.3, 0.4) is 0 Å². The van der Waals surface area contributed by atoms with Crippen LogP contribution in [0.4, 0.5) is 21.5 Å². The van der Waals surface area contributed by atoms with Crippen LogP contribution < -0.4 is 4.90 Å². The van der Waals surface area contributed by atoms with Crippen LogP contribution in [0, 0.1) is 5.82 Å². The average molecular weight is 747 g/mol. The van der Waals surface area contributed by atoms with Crippen LogP contribution >= 0.6 is 0 Å². The van der Waals surface area contributed by atoms with Crippen LogP contribution in [0.5, 0.6) is 0 Å². The Morgan fingerprint density at radius 1 is 0.397 bits per heavy atom. The van der Waals surface area contributed by atoms with E-state index in [9.17, 15) is 4.39 Å². The fourth-order valence-electron chi connectivity index (χ4n) is 8.63. The molecule has 2 aromatic heterocycles. The van der Waals surface area contributed by atoms with Crippen molar-refractivity contribution in [1.82, 2.24) is 4.57 Å². The van der Waals surface area contributed by atoms with E-state index in [0.717, 1.165) is 99.9 Å². The summed E-state index contributed by atoms with van der Waals surface area (Å²) in [4.78, 5) is 2.33. The predicted octanol–water partition coefficient (Wildman–Crippen LogP) is 15.3. The number of benzene rings is 9. The first kappa shape index (κ1) is 33.6. The van der Waals surface area contributed by atoms with E-state index in [0.29, 0.717) is 0 Å². The molecular formula is C54H35FN2O. The maximum Gasteiger partial charge on any atom is 0.143 e. The summed E-state index contributed by atoms with van der Waals surface area (Å²) >= 11 is 0. The Morgan fingerprint density at radius 2 is 0.966 bits per heavy atom. The van der Waals surface area contributed by atoms with Crippen molar-refractivity contribution in [3.8, 4) is 39.1 Å². The van der Waals surface area contributed by atoms with Gasteiger partial charge in [0.2, 0.25) is 0 Å². The van der Waals surface area contributed by atoms with Gasteiger partial charge in [0.25, 0.3) is 0 Å². The van der Waals surface area contributed by atoms with Crippen LogP contribution in [0.15, 0.2) is 217 Å². The second-order valence-electron chi connectivity index (χ2n) is 14.6. The van der Waals surface area contributed by atoms with E-state index < -0.39 is 0 Å². The molecular weight excluding hydrogens is 712 g/mol. The first-order valence-electron chi connectivity index (χ1n) is 19.5. The third kappa shape index (κ3) is 5.57. The molecule has 0 saturated carbocycles. The van der Waals surface area contributed by atoms with Gasteiger partial charge in [0.05, 0.1) is 22.4 Å². The molecule has 0 radical (unpaired) electrons. The van der Waals surface area contributed by atoms with Crippen molar-refractivity contribution >= 4 is 60.8 Å². The van der Waals surface area contributed by atoms with Crippen molar-refractivity contribution in [2.24, 2.45) is 0 Å². The smallest absolute Gasteiger partial charge is 0.143 e. The Bertz CT molecular complexity index is 3290. The van der Waals surface area contributed by atoms with Crippen molar-refractivity contribution in [1.29, 1.82) is 0 Å². The number of furan rings is 1. The lowest BCUT2D eigenvalue weighted by Gasteiger charge is -2.28. The summed E-state index contributed by atoms with van der Waals surface area (Å²) in [6.07, 6.45) is 0. The van der Waals surface area contributed by atoms with Gasteiger partial charge in [0.15, 0.2) is 0 Å². The van der Waals surface area contributed by atoms with Crippen LogP contribution in [-0.2, 0) is 0 Å². The Morgan fingerprint density at radius 3 is 1.76 bits per heavy atom. The van der Waals surface area contributed by atoms with Crippen LogP contribution in [0.1, 0.15) is 0 Å². The predicted molar refractivity (Wildman–Crippen MR) is 239 cm³/mol. The number of rotatable bonds is 7. The number of hydrogen-bond donors (Lipinski definition) is 0. The zero-order valence-electron chi connectivity index (χ0n) is 31.4. The highest BCUT2D eigenvalue weighted by Gasteiger charge is 2.20. The molecule has 0 aliphatic carbocycles. The number of hydrogen-bond acceptors (Lipinski definition) is 2. The normalized spacial score (nSPS) is 11.5. The van der Waals surface area contributed by atoms with Gasteiger partial charge in [0.1, 0.15) is 17.0 Å². The second kappa shape index (κ2) is 13.8. The highest BCUT2D eigenvalue weighted by molar-refractivity contribution is 6.11. The fraction of sp³-hybridized carbons (Fsp3) is 0. The highest BCUT2D eigenvalue weighted by atomic mass is 19.1. The summed E-state index contributed by atoms with van der Waals surface area (Å²) in [6, 6.07) is 73.0. The lowest BCUT2D eigenvalue weighted by Crippen LogP contribution is -2.11. The third-order valence-electron chi connectivity index (χ3n) is 11.3. The highest BCUT2D eigenvalue weighted by Crippen LogP contribution is 2.44. The zero-order chi connectivity index (χ0) is 38.6. The summed E-state index contributed by atoms with van der Waals surface area (Å²) in [6.45, 7) is 0. The molecule has 0 saturated heterocycles. The lowest BCUT2D eigenvalue weighted by molar-refractivity contribution is 0.629. The molecule has 58 heavy (non-hydrogen) atoms. The Kier molecular flexibility index (Phi) is 8.00. The largest absolute Gasteiger partial charge is 0.455 e. The number of para-hydroxylation sites is 5. The van der Waals surface area contributed by atoms with Crippen LogP contribution in [-0.4, -0.2) is 4.57 Å². The van der Waals surface area contributed by atoms with Gasteiger partial charge in [-0.3, -0.25) is 0 Å². The summed E-state index contributed by atoms with van der Waals surface area (Å²) in [7, 11) is 0. The number of anilines is 3. The second-order valence-corrected chi connectivity index (χ2v) is 14.6.